The van der Waals surface area contributed by atoms with E-state index in [-0.39, 0.29) is 11.3 Å². The van der Waals surface area contributed by atoms with Crippen molar-refractivity contribution in [2.75, 3.05) is 32.9 Å². The van der Waals surface area contributed by atoms with Crippen molar-refractivity contribution in [2.24, 2.45) is 11.3 Å². The molecule has 2 fully saturated rings. The lowest BCUT2D eigenvalue weighted by Crippen LogP contribution is -2.44. The molecule has 4 rings (SSSR count). The average Bonchev–Trinajstić information content (AvgIpc) is 3.07. The van der Waals surface area contributed by atoms with Crippen LogP contribution in [0.1, 0.15) is 50.5 Å². The summed E-state index contributed by atoms with van der Waals surface area (Å²) in [4.78, 5) is 18.1. The highest BCUT2D eigenvalue weighted by atomic mass is 16.5. The zero-order valence-corrected chi connectivity index (χ0v) is 17.7. The van der Waals surface area contributed by atoms with Crippen LogP contribution in [0.2, 0.25) is 0 Å². The minimum Gasteiger partial charge on any atom is -0.493 e. The predicted octanol–water partition coefficient (Wildman–Crippen LogP) is 3.60. The number of benzene rings is 1. The predicted molar refractivity (Wildman–Crippen MR) is 112 cm³/mol. The van der Waals surface area contributed by atoms with Gasteiger partial charge in [0, 0.05) is 29.4 Å². The summed E-state index contributed by atoms with van der Waals surface area (Å²) in [5.41, 5.74) is 1.02. The van der Waals surface area contributed by atoms with Gasteiger partial charge in [-0.3, -0.25) is 4.79 Å². The Hall–Kier alpha value is -2.05. The summed E-state index contributed by atoms with van der Waals surface area (Å²) < 4.78 is 11.2. The highest BCUT2D eigenvalue weighted by molar-refractivity contribution is 5.98. The summed E-state index contributed by atoms with van der Waals surface area (Å²) in [6.45, 7) is 9.46. The van der Waals surface area contributed by atoms with E-state index in [0.717, 1.165) is 62.2 Å². The fourth-order valence-corrected chi connectivity index (χ4v) is 4.32. The number of aromatic amines is 1. The third-order valence-corrected chi connectivity index (χ3v) is 6.00. The lowest BCUT2D eigenvalue weighted by atomic mass is 9.86. The molecule has 29 heavy (non-hydrogen) atoms. The van der Waals surface area contributed by atoms with Crippen LogP contribution in [0.5, 0.6) is 5.75 Å². The van der Waals surface area contributed by atoms with Crippen LogP contribution in [0.3, 0.4) is 0 Å². The average molecular weight is 401 g/mol. The normalized spacial score (nSPS) is 19.9. The maximum Gasteiger partial charge on any atom is 0.270 e. The Morgan fingerprint density at radius 1 is 1.31 bits per heavy atom. The first-order chi connectivity index (χ1) is 13.7. The molecule has 2 N–H and O–H groups in total. The van der Waals surface area contributed by atoms with Crippen molar-refractivity contribution in [1.82, 2.24) is 9.88 Å². The van der Waals surface area contributed by atoms with Crippen molar-refractivity contribution < 1.29 is 19.4 Å². The van der Waals surface area contributed by atoms with Crippen LogP contribution in [0.25, 0.3) is 10.9 Å². The molecule has 2 aliphatic heterocycles. The largest absolute Gasteiger partial charge is 0.493 e. The number of nitrogens with one attached hydrogen (secondary N) is 1. The molecule has 0 saturated carbocycles. The van der Waals surface area contributed by atoms with E-state index in [4.69, 9.17) is 9.47 Å². The molecular weight excluding hydrogens is 368 g/mol. The van der Waals surface area contributed by atoms with E-state index in [1.54, 1.807) is 0 Å². The second kappa shape index (κ2) is 7.65. The molecule has 1 aromatic heterocycles. The molecule has 3 heterocycles. The number of aromatic nitrogens is 1. The monoisotopic (exact) mass is 400 g/mol. The maximum absolute atomic E-state index is 12.9. The van der Waals surface area contributed by atoms with Gasteiger partial charge in [0.05, 0.1) is 25.4 Å². The summed E-state index contributed by atoms with van der Waals surface area (Å²) in [5, 5.41) is 11.0. The Kier molecular flexibility index (Phi) is 5.34. The minimum absolute atomic E-state index is 0.0458. The molecule has 1 aromatic carbocycles. The van der Waals surface area contributed by atoms with Gasteiger partial charge < -0.3 is 24.5 Å². The van der Waals surface area contributed by atoms with Crippen LogP contribution >= 0.6 is 0 Å². The summed E-state index contributed by atoms with van der Waals surface area (Å²) >= 11 is 0. The number of hydrogen-bond acceptors (Lipinski definition) is 4. The SMILES string of the molecule is CC(C)(O)CC1CCN(C(=O)c2cc3cc(OCC4(C)COC4)ccc3[nH]2)CC1. The number of carbonyl (C=O) groups excluding carboxylic acids is 1. The maximum atomic E-state index is 12.9. The van der Waals surface area contributed by atoms with Gasteiger partial charge in [0.25, 0.3) is 5.91 Å². The van der Waals surface area contributed by atoms with Crippen molar-refractivity contribution in [1.29, 1.82) is 0 Å². The molecule has 6 nitrogen and oxygen atoms in total. The Morgan fingerprint density at radius 2 is 2.03 bits per heavy atom. The van der Waals surface area contributed by atoms with E-state index in [9.17, 15) is 9.90 Å². The number of rotatable bonds is 6. The number of amides is 1. The fourth-order valence-electron chi connectivity index (χ4n) is 4.32. The molecule has 0 atom stereocenters. The van der Waals surface area contributed by atoms with Gasteiger partial charge in [0.15, 0.2) is 0 Å². The smallest absolute Gasteiger partial charge is 0.270 e. The highest BCUT2D eigenvalue weighted by Crippen LogP contribution is 2.30. The number of aliphatic hydroxyl groups is 1. The minimum atomic E-state index is -0.642. The second-order valence-electron chi connectivity index (χ2n) is 9.78. The van der Waals surface area contributed by atoms with Gasteiger partial charge >= 0.3 is 0 Å². The van der Waals surface area contributed by atoms with Gasteiger partial charge in [-0.05, 0) is 63.3 Å². The summed E-state index contributed by atoms with van der Waals surface area (Å²) in [7, 11) is 0. The quantitative estimate of drug-likeness (QED) is 0.777. The number of piperidine rings is 1. The van der Waals surface area contributed by atoms with E-state index >= 15 is 0 Å². The van der Waals surface area contributed by atoms with Gasteiger partial charge in [-0.2, -0.15) is 0 Å². The van der Waals surface area contributed by atoms with Crippen LogP contribution in [0.4, 0.5) is 0 Å². The van der Waals surface area contributed by atoms with E-state index < -0.39 is 5.60 Å². The van der Waals surface area contributed by atoms with Gasteiger partial charge in [-0.25, -0.2) is 0 Å². The fraction of sp³-hybridized carbons (Fsp3) is 0.609. The second-order valence-corrected chi connectivity index (χ2v) is 9.78. The molecule has 2 saturated heterocycles. The van der Waals surface area contributed by atoms with E-state index in [1.165, 1.54) is 0 Å². The van der Waals surface area contributed by atoms with Crippen molar-refractivity contribution in [3.63, 3.8) is 0 Å². The molecule has 0 aliphatic carbocycles. The molecule has 158 valence electrons. The first-order valence-corrected chi connectivity index (χ1v) is 10.6. The van der Waals surface area contributed by atoms with Crippen LogP contribution in [0, 0.1) is 11.3 Å². The Labute approximate surface area is 172 Å². The molecule has 0 bridgehead atoms. The van der Waals surface area contributed by atoms with E-state index in [2.05, 4.69) is 11.9 Å². The van der Waals surface area contributed by atoms with Crippen LogP contribution < -0.4 is 4.74 Å². The van der Waals surface area contributed by atoms with Gasteiger partial charge in [-0.15, -0.1) is 0 Å². The van der Waals surface area contributed by atoms with Crippen molar-refractivity contribution >= 4 is 16.8 Å². The third-order valence-electron chi connectivity index (χ3n) is 6.00. The lowest BCUT2D eigenvalue weighted by molar-refractivity contribution is -0.120. The molecule has 0 radical (unpaired) electrons. The topological polar surface area (TPSA) is 74.8 Å². The Bertz CT molecular complexity index is 871. The summed E-state index contributed by atoms with van der Waals surface area (Å²) in [6.07, 6.45) is 2.67. The number of carbonyl (C=O) groups is 1. The van der Waals surface area contributed by atoms with Crippen LogP contribution in [-0.2, 0) is 4.74 Å². The Balaban J connectivity index is 1.38. The van der Waals surface area contributed by atoms with Gasteiger partial charge in [-0.1, -0.05) is 6.92 Å². The molecule has 2 aromatic rings. The van der Waals surface area contributed by atoms with Crippen molar-refractivity contribution in [2.45, 2.75) is 45.6 Å². The number of H-pyrrole nitrogens is 1. The van der Waals surface area contributed by atoms with Crippen LogP contribution in [-0.4, -0.2) is 59.4 Å². The van der Waals surface area contributed by atoms with Gasteiger partial charge in [0.2, 0.25) is 0 Å². The third kappa shape index (κ3) is 4.75. The number of hydrogen-bond donors (Lipinski definition) is 2. The zero-order valence-electron chi connectivity index (χ0n) is 17.7. The molecule has 0 unspecified atom stereocenters. The van der Waals surface area contributed by atoms with Crippen molar-refractivity contribution in [3.05, 3.63) is 30.0 Å². The lowest BCUT2D eigenvalue weighted by Gasteiger charge is -2.37. The molecule has 6 heteroatoms. The van der Waals surface area contributed by atoms with Gasteiger partial charge in [0.1, 0.15) is 11.4 Å². The summed E-state index contributed by atoms with van der Waals surface area (Å²) in [5.74, 6) is 1.34. The zero-order chi connectivity index (χ0) is 20.6. The molecular formula is C23H32N2O4. The van der Waals surface area contributed by atoms with Crippen LogP contribution in [0.15, 0.2) is 24.3 Å². The number of ether oxygens (including phenoxy) is 2. The number of nitrogens with zero attached hydrogens (tertiary/aromatic N) is 1. The summed E-state index contributed by atoms with van der Waals surface area (Å²) in [6, 6.07) is 7.82. The first kappa shape index (κ1) is 20.2. The van der Waals surface area contributed by atoms with E-state index in [0.29, 0.717) is 18.2 Å². The molecule has 0 spiro atoms. The highest BCUT2D eigenvalue weighted by Gasteiger charge is 2.34. The standard InChI is InChI=1S/C23H32N2O4/c1-22(2,27)12-16-6-8-25(9-7-16)21(26)20-11-17-10-18(4-5-19(17)24-20)29-15-23(3)13-28-14-23/h4-5,10-11,16,24,27H,6-9,12-15H2,1-3H3. The van der Waals surface area contributed by atoms with E-state index in [1.807, 2.05) is 43.0 Å². The van der Waals surface area contributed by atoms with Crippen molar-refractivity contribution in [3.8, 4) is 5.75 Å². The number of likely N-dealkylation sites (tertiary alicyclic amines) is 1. The molecule has 1 amide bonds. The Morgan fingerprint density at radius 3 is 2.66 bits per heavy atom. The first-order valence-electron chi connectivity index (χ1n) is 10.6. The molecule has 2 aliphatic rings. The number of fused-ring (bicyclic) bond motifs is 1.